The SMILES string of the molecule is CC(CC(C)NC(=O)OC(C)(C)C)NCC1(c2ccccc2)CC1. The lowest BCUT2D eigenvalue weighted by Gasteiger charge is -2.25. The van der Waals surface area contributed by atoms with E-state index in [2.05, 4.69) is 47.9 Å². The maximum atomic E-state index is 11.8. The maximum Gasteiger partial charge on any atom is 0.407 e. The third kappa shape index (κ3) is 5.82. The van der Waals surface area contributed by atoms with Crippen LogP contribution in [0.25, 0.3) is 0 Å². The third-order valence-electron chi connectivity index (χ3n) is 4.50. The molecule has 1 aromatic rings. The Kier molecular flexibility index (Phi) is 5.92. The van der Waals surface area contributed by atoms with Crippen LogP contribution >= 0.6 is 0 Å². The summed E-state index contributed by atoms with van der Waals surface area (Å²) >= 11 is 0. The molecular weight excluding hydrogens is 300 g/mol. The monoisotopic (exact) mass is 332 g/mol. The van der Waals surface area contributed by atoms with Gasteiger partial charge in [0.15, 0.2) is 0 Å². The number of nitrogens with one attached hydrogen (secondary N) is 2. The molecule has 0 radical (unpaired) electrons. The lowest BCUT2D eigenvalue weighted by Crippen LogP contribution is -2.42. The van der Waals surface area contributed by atoms with Gasteiger partial charge in [-0.15, -0.1) is 0 Å². The summed E-state index contributed by atoms with van der Waals surface area (Å²) in [5.41, 5.74) is 1.30. The van der Waals surface area contributed by atoms with Crippen LogP contribution < -0.4 is 10.6 Å². The van der Waals surface area contributed by atoms with Crippen molar-refractivity contribution in [1.82, 2.24) is 10.6 Å². The molecule has 1 fully saturated rings. The molecule has 0 bridgehead atoms. The molecule has 0 aliphatic heterocycles. The second-order valence-electron chi connectivity index (χ2n) is 8.21. The molecule has 24 heavy (non-hydrogen) atoms. The molecule has 0 aromatic heterocycles. The number of carbonyl (C=O) groups excluding carboxylic acids is 1. The molecular formula is C20H32N2O2. The molecule has 4 nitrogen and oxygen atoms in total. The first-order chi connectivity index (χ1) is 11.2. The maximum absolute atomic E-state index is 11.8. The molecule has 2 N–H and O–H groups in total. The Balaban J connectivity index is 1.73. The van der Waals surface area contributed by atoms with Crippen molar-refractivity contribution in [2.45, 2.75) is 77.0 Å². The van der Waals surface area contributed by atoms with Crippen LogP contribution in [0.2, 0.25) is 0 Å². The fourth-order valence-corrected chi connectivity index (χ4v) is 3.06. The van der Waals surface area contributed by atoms with Crippen LogP contribution in [0.3, 0.4) is 0 Å². The van der Waals surface area contributed by atoms with Gasteiger partial charge in [0.05, 0.1) is 0 Å². The summed E-state index contributed by atoms with van der Waals surface area (Å²) in [7, 11) is 0. The Labute approximate surface area is 146 Å². The van der Waals surface area contributed by atoms with Crippen LogP contribution in [0.1, 0.15) is 59.4 Å². The van der Waals surface area contributed by atoms with E-state index < -0.39 is 5.60 Å². The van der Waals surface area contributed by atoms with Gasteiger partial charge in [0.2, 0.25) is 0 Å². The van der Waals surface area contributed by atoms with Gasteiger partial charge in [0, 0.05) is 24.0 Å². The summed E-state index contributed by atoms with van der Waals surface area (Å²) in [6.07, 6.45) is 3.04. The molecule has 2 atom stereocenters. The molecule has 2 unspecified atom stereocenters. The normalized spacial score (nSPS) is 18.5. The first-order valence-corrected chi connectivity index (χ1v) is 8.99. The molecule has 1 aromatic carbocycles. The van der Waals surface area contributed by atoms with Crippen molar-refractivity contribution < 1.29 is 9.53 Å². The third-order valence-corrected chi connectivity index (χ3v) is 4.50. The summed E-state index contributed by atoms with van der Waals surface area (Å²) in [6.45, 7) is 10.8. The Hall–Kier alpha value is -1.55. The summed E-state index contributed by atoms with van der Waals surface area (Å²) in [5, 5.41) is 6.55. The number of hydrogen-bond acceptors (Lipinski definition) is 3. The smallest absolute Gasteiger partial charge is 0.407 e. The Morgan fingerprint density at radius 2 is 1.79 bits per heavy atom. The van der Waals surface area contributed by atoms with Crippen molar-refractivity contribution in [2.75, 3.05) is 6.54 Å². The summed E-state index contributed by atoms with van der Waals surface area (Å²) in [6, 6.07) is 11.2. The van der Waals surface area contributed by atoms with Crippen LogP contribution in [0.4, 0.5) is 4.79 Å². The van der Waals surface area contributed by atoms with E-state index in [1.165, 1.54) is 18.4 Å². The zero-order chi connectivity index (χ0) is 17.8. The molecule has 0 spiro atoms. The largest absolute Gasteiger partial charge is 0.444 e. The predicted octanol–water partition coefficient (Wildman–Crippen LogP) is 4.00. The van der Waals surface area contributed by atoms with E-state index in [9.17, 15) is 4.79 Å². The highest BCUT2D eigenvalue weighted by Crippen LogP contribution is 2.47. The van der Waals surface area contributed by atoms with Gasteiger partial charge in [0.1, 0.15) is 5.60 Å². The fraction of sp³-hybridized carbons (Fsp3) is 0.650. The van der Waals surface area contributed by atoms with Gasteiger partial charge >= 0.3 is 6.09 Å². The van der Waals surface area contributed by atoms with E-state index >= 15 is 0 Å². The van der Waals surface area contributed by atoms with E-state index in [4.69, 9.17) is 4.74 Å². The lowest BCUT2D eigenvalue weighted by atomic mass is 9.95. The van der Waals surface area contributed by atoms with Gasteiger partial charge in [0.25, 0.3) is 0 Å². The number of alkyl carbamates (subject to hydrolysis) is 1. The average Bonchev–Trinajstić information content (AvgIpc) is 3.25. The number of ether oxygens (including phenoxy) is 1. The highest BCUT2D eigenvalue weighted by molar-refractivity contribution is 5.68. The zero-order valence-corrected chi connectivity index (χ0v) is 15.7. The minimum atomic E-state index is -0.457. The first kappa shape index (κ1) is 18.8. The number of hydrogen-bond donors (Lipinski definition) is 2. The van der Waals surface area contributed by atoms with E-state index in [1.54, 1.807) is 0 Å². The van der Waals surface area contributed by atoms with Crippen LogP contribution in [0.15, 0.2) is 30.3 Å². The summed E-state index contributed by atoms with van der Waals surface area (Å²) < 4.78 is 5.30. The highest BCUT2D eigenvalue weighted by atomic mass is 16.6. The predicted molar refractivity (Wildman–Crippen MR) is 98.3 cm³/mol. The van der Waals surface area contributed by atoms with Gasteiger partial charge in [-0.2, -0.15) is 0 Å². The van der Waals surface area contributed by atoms with Gasteiger partial charge in [-0.25, -0.2) is 4.79 Å². The minimum Gasteiger partial charge on any atom is -0.444 e. The van der Waals surface area contributed by atoms with E-state index in [1.807, 2.05) is 27.7 Å². The van der Waals surface area contributed by atoms with Gasteiger partial charge in [-0.05, 0) is 59.4 Å². The molecule has 0 saturated heterocycles. The van der Waals surface area contributed by atoms with Crippen LogP contribution in [0.5, 0.6) is 0 Å². The molecule has 2 rings (SSSR count). The summed E-state index contributed by atoms with van der Waals surface area (Å²) in [5.74, 6) is 0. The molecule has 1 saturated carbocycles. The number of rotatable bonds is 7. The van der Waals surface area contributed by atoms with Crippen molar-refractivity contribution in [3.05, 3.63) is 35.9 Å². The lowest BCUT2D eigenvalue weighted by molar-refractivity contribution is 0.0504. The average molecular weight is 332 g/mol. The van der Waals surface area contributed by atoms with Gasteiger partial charge in [-0.1, -0.05) is 30.3 Å². The van der Waals surface area contributed by atoms with Crippen LogP contribution in [0, 0.1) is 0 Å². The van der Waals surface area contributed by atoms with Crippen molar-refractivity contribution in [3.63, 3.8) is 0 Å². The summed E-state index contributed by atoms with van der Waals surface area (Å²) in [4.78, 5) is 11.8. The molecule has 0 heterocycles. The first-order valence-electron chi connectivity index (χ1n) is 8.99. The Bertz CT molecular complexity index is 532. The molecule has 1 aliphatic rings. The van der Waals surface area contributed by atoms with Gasteiger partial charge < -0.3 is 15.4 Å². The second-order valence-corrected chi connectivity index (χ2v) is 8.21. The Morgan fingerprint density at radius 1 is 1.17 bits per heavy atom. The Morgan fingerprint density at radius 3 is 2.33 bits per heavy atom. The van der Waals surface area contributed by atoms with E-state index in [-0.39, 0.29) is 12.1 Å². The number of amides is 1. The topological polar surface area (TPSA) is 50.4 Å². The quantitative estimate of drug-likeness (QED) is 0.793. The van der Waals surface area contributed by atoms with Crippen molar-refractivity contribution in [2.24, 2.45) is 0 Å². The standard InChI is InChI=1S/C20H32N2O2/c1-15(13-16(2)22-18(23)24-19(3,4)5)21-14-20(11-12-20)17-9-7-6-8-10-17/h6-10,15-16,21H,11-14H2,1-5H3,(H,22,23). The minimum absolute atomic E-state index is 0.0780. The van der Waals surface area contributed by atoms with Crippen molar-refractivity contribution in [3.8, 4) is 0 Å². The fourth-order valence-electron chi connectivity index (χ4n) is 3.06. The van der Waals surface area contributed by atoms with E-state index in [0.29, 0.717) is 11.5 Å². The van der Waals surface area contributed by atoms with Crippen molar-refractivity contribution >= 4 is 6.09 Å². The van der Waals surface area contributed by atoms with Crippen LogP contribution in [-0.4, -0.2) is 30.3 Å². The van der Waals surface area contributed by atoms with Gasteiger partial charge in [-0.3, -0.25) is 0 Å². The highest BCUT2D eigenvalue weighted by Gasteiger charge is 2.43. The van der Waals surface area contributed by atoms with E-state index in [0.717, 1.165) is 13.0 Å². The number of benzene rings is 1. The molecule has 1 aliphatic carbocycles. The number of carbonyl (C=O) groups is 1. The zero-order valence-electron chi connectivity index (χ0n) is 15.7. The molecule has 4 heteroatoms. The molecule has 134 valence electrons. The molecule has 1 amide bonds. The van der Waals surface area contributed by atoms with Crippen molar-refractivity contribution in [1.29, 1.82) is 0 Å². The second kappa shape index (κ2) is 7.56. The van der Waals surface area contributed by atoms with Crippen LogP contribution in [-0.2, 0) is 10.2 Å².